The average Bonchev–Trinajstić information content (AvgIpc) is 2.56. The van der Waals surface area contributed by atoms with Gasteiger partial charge in [-0.1, -0.05) is 0 Å². The normalized spacial score (nSPS) is 28.8. The third-order valence-corrected chi connectivity index (χ3v) is 3.45. The molecule has 0 aromatic carbocycles. The monoisotopic (exact) mass is 188 g/mol. The highest BCUT2D eigenvalue weighted by Gasteiger charge is 2.47. The number of methoxy groups -OCH3 is 1. The van der Waals surface area contributed by atoms with Gasteiger partial charge in [0.25, 0.3) is 0 Å². The van der Waals surface area contributed by atoms with E-state index in [1.807, 2.05) is 20.8 Å². The summed E-state index contributed by atoms with van der Waals surface area (Å²) in [6, 6.07) is 0. The van der Waals surface area contributed by atoms with E-state index in [-0.39, 0.29) is 5.92 Å². The van der Waals surface area contributed by atoms with Crippen molar-refractivity contribution in [3.63, 3.8) is 0 Å². The van der Waals surface area contributed by atoms with Gasteiger partial charge in [0.05, 0.1) is 17.8 Å². The Morgan fingerprint density at radius 3 is 2.38 bits per heavy atom. The Labute approximate surface area is 80.0 Å². The summed E-state index contributed by atoms with van der Waals surface area (Å²) in [5.74, 6) is 0.183. The number of aliphatic hydroxyl groups is 1. The van der Waals surface area contributed by atoms with Crippen molar-refractivity contribution >= 4 is 0 Å². The number of hydrogen-bond donors (Lipinski definition) is 1. The summed E-state index contributed by atoms with van der Waals surface area (Å²) in [6.45, 7) is 7.03. The van der Waals surface area contributed by atoms with Gasteiger partial charge in [-0.25, -0.2) is 0 Å². The molecule has 3 heteroatoms. The standard InChI is InChI=1S/C10H20O3/c1-9(2,12-4)10(3,11)8-5-6-13-7-8/h8,11H,5-7H2,1-4H3. The Bertz CT molecular complexity index is 169. The molecule has 2 atom stereocenters. The molecule has 2 unspecified atom stereocenters. The first kappa shape index (κ1) is 11.0. The lowest BCUT2D eigenvalue weighted by Gasteiger charge is -2.42. The summed E-state index contributed by atoms with van der Waals surface area (Å²) < 4.78 is 10.6. The Morgan fingerprint density at radius 1 is 1.38 bits per heavy atom. The van der Waals surface area contributed by atoms with Gasteiger partial charge in [-0.15, -0.1) is 0 Å². The molecule has 1 aliphatic heterocycles. The molecule has 1 N–H and O–H groups in total. The molecule has 0 aromatic rings. The van der Waals surface area contributed by atoms with Crippen molar-refractivity contribution in [3.05, 3.63) is 0 Å². The minimum absolute atomic E-state index is 0.183. The third-order valence-electron chi connectivity index (χ3n) is 3.45. The number of ether oxygens (including phenoxy) is 2. The fraction of sp³-hybridized carbons (Fsp3) is 1.00. The number of rotatable bonds is 3. The lowest BCUT2D eigenvalue weighted by atomic mass is 9.76. The lowest BCUT2D eigenvalue weighted by Crippen LogP contribution is -2.54. The van der Waals surface area contributed by atoms with Crippen LogP contribution in [0.1, 0.15) is 27.2 Å². The molecule has 0 bridgehead atoms. The van der Waals surface area contributed by atoms with Crippen LogP contribution in [0.2, 0.25) is 0 Å². The maximum Gasteiger partial charge on any atom is 0.0953 e. The minimum Gasteiger partial charge on any atom is -0.387 e. The van der Waals surface area contributed by atoms with Gasteiger partial charge in [0, 0.05) is 19.6 Å². The SMILES string of the molecule is COC(C)(C)C(C)(O)C1CCOC1. The van der Waals surface area contributed by atoms with E-state index in [9.17, 15) is 5.11 Å². The first-order chi connectivity index (χ1) is 5.92. The summed E-state index contributed by atoms with van der Waals surface area (Å²) in [4.78, 5) is 0. The molecular weight excluding hydrogens is 168 g/mol. The van der Waals surface area contributed by atoms with Crippen molar-refractivity contribution in [1.82, 2.24) is 0 Å². The van der Waals surface area contributed by atoms with Crippen molar-refractivity contribution in [2.75, 3.05) is 20.3 Å². The highest BCUT2D eigenvalue weighted by atomic mass is 16.5. The van der Waals surface area contributed by atoms with E-state index in [1.165, 1.54) is 0 Å². The largest absolute Gasteiger partial charge is 0.387 e. The third kappa shape index (κ3) is 1.87. The maximum absolute atomic E-state index is 10.3. The topological polar surface area (TPSA) is 38.7 Å². The van der Waals surface area contributed by atoms with E-state index in [0.29, 0.717) is 6.61 Å². The zero-order valence-electron chi connectivity index (χ0n) is 8.96. The average molecular weight is 188 g/mol. The van der Waals surface area contributed by atoms with E-state index in [0.717, 1.165) is 13.0 Å². The summed E-state index contributed by atoms with van der Waals surface area (Å²) in [5.41, 5.74) is -1.34. The summed E-state index contributed by atoms with van der Waals surface area (Å²) in [7, 11) is 1.63. The van der Waals surface area contributed by atoms with Crippen LogP contribution < -0.4 is 0 Å². The van der Waals surface area contributed by atoms with Crippen LogP contribution in [-0.4, -0.2) is 36.6 Å². The second kappa shape index (κ2) is 3.56. The van der Waals surface area contributed by atoms with E-state index in [1.54, 1.807) is 7.11 Å². The van der Waals surface area contributed by atoms with Crippen LogP contribution in [0.25, 0.3) is 0 Å². The maximum atomic E-state index is 10.3. The Kier molecular flexibility index (Phi) is 3.00. The molecular formula is C10H20O3. The van der Waals surface area contributed by atoms with Crippen molar-refractivity contribution in [2.24, 2.45) is 5.92 Å². The quantitative estimate of drug-likeness (QED) is 0.723. The lowest BCUT2D eigenvalue weighted by molar-refractivity contribution is -0.168. The molecule has 3 nitrogen and oxygen atoms in total. The Morgan fingerprint density at radius 2 is 2.00 bits per heavy atom. The highest BCUT2D eigenvalue weighted by Crippen LogP contribution is 2.36. The van der Waals surface area contributed by atoms with Crippen LogP contribution in [0.3, 0.4) is 0 Å². The van der Waals surface area contributed by atoms with Gasteiger partial charge in [0.1, 0.15) is 0 Å². The minimum atomic E-state index is -0.821. The van der Waals surface area contributed by atoms with Crippen molar-refractivity contribution < 1.29 is 14.6 Å². The predicted octanol–water partition coefficient (Wildman–Crippen LogP) is 1.20. The first-order valence-electron chi connectivity index (χ1n) is 4.77. The second-order valence-electron chi connectivity index (χ2n) is 4.42. The summed E-state index contributed by atoms with van der Waals surface area (Å²) in [5, 5.41) is 10.3. The first-order valence-corrected chi connectivity index (χ1v) is 4.77. The van der Waals surface area contributed by atoms with Gasteiger partial charge in [-0.05, 0) is 27.2 Å². The van der Waals surface area contributed by atoms with Crippen molar-refractivity contribution in [1.29, 1.82) is 0 Å². The molecule has 0 spiro atoms. The van der Waals surface area contributed by atoms with E-state index in [2.05, 4.69) is 0 Å². The fourth-order valence-electron chi connectivity index (χ4n) is 1.68. The molecule has 78 valence electrons. The molecule has 0 radical (unpaired) electrons. The van der Waals surface area contributed by atoms with Crippen LogP contribution in [0, 0.1) is 5.92 Å². The molecule has 1 heterocycles. The highest BCUT2D eigenvalue weighted by molar-refractivity contribution is 4.97. The molecule has 1 saturated heterocycles. The predicted molar refractivity (Wildman–Crippen MR) is 50.6 cm³/mol. The van der Waals surface area contributed by atoms with E-state index >= 15 is 0 Å². The fourth-order valence-corrected chi connectivity index (χ4v) is 1.68. The van der Waals surface area contributed by atoms with Gasteiger partial charge < -0.3 is 14.6 Å². The molecule has 0 aliphatic carbocycles. The molecule has 0 amide bonds. The van der Waals surface area contributed by atoms with Crippen LogP contribution in [0.5, 0.6) is 0 Å². The molecule has 1 fully saturated rings. The molecule has 13 heavy (non-hydrogen) atoms. The molecule has 0 aromatic heterocycles. The van der Waals surface area contributed by atoms with Gasteiger partial charge in [-0.3, -0.25) is 0 Å². The molecule has 0 saturated carbocycles. The summed E-state index contributed by atoms with van der Waals surface area (Å²) in [6.07, 6.45) is 0.916. The Balaban J connectivity index is 2.73. The van der Waals surface area contributed by atoms with Crippen LogP contribution in [0.15, 0.2) is 0 Å². The molecule has 1 aliphatic rings. The Hall–Kier alpha value is -0.120. The van der Waals surface area contributed by atoms with Crippen LogP contribution in [0.4, 0.5) is 0 Å². The van der Waals surface area contributed by atoms with Gasteiger partial charge in [-0.2, -0.15) is 0 Å². The van der Waals surface area contributed by atoms with E-state index < -0.39 is 11.2 Å². The van der Waals surface area contributed by atoms with Gasteiger partial charge in [0.15, 0.2) is 0 Å². The zero-order chi connectivity index (χ0) is 10.1. The van der Waals surface area contributed by atoms with Crippen LogP contribution in [-0.2, 0) is 9.47 Å². The smallest absolute Gasteiger partial charge is 0.0953 e. The van der Waals surface area contributed by atoms with Crippen LogP contribution >= 0.6 is 0 Å². The second-order valence-corrected chi connectivity index (χ2v) is 4.42. The van der Waals surface area contributed by atoms with Crippen molar-refractivity contribution in [2.45, 2.75) is 38.4 Å². The number of hydrogen-bond acceptors (Lipinski definition) is 3. The van der Waals surface area contributed by atoms with Gasteiger partial charge >= 0.3 is 0 Å². The van der Waals surface area contributed by atoms with Gasteiger partial charge in [0.2, 0.25) is 0 Å². The zero-order valence-corrected chi connectivity index (χ0v) is 8.96. The van der Waals surface area contributed by atoms with Crippen molar-refractivity contribution in [3.8, 4) is 0 Å². The molecule has 1 rings (SSSR count). The summed E-state index contributed by atoms with van der Waals surface area (Å²) >= 11 is 0. The van der Waals surface area contributed by atoms with E-state index in [4.69, 9.17) is 9.47 Å².